The van der Waals surface area contributed by atoms with Crippen molar-refractivity contribution >= 4 is 27.0 Å². The topological polar surface area (TPSA) is 87.8 Å². The second-order valence-corrected chi connectivity index (χ2v) is 6.68. The Kier molecular flexibility index (Phi) is 3.22. The van der Waals surface area contributed by atoms with Crippen LogP contribution in [0.4, 0.5) is 4.39 Å². The number of sulfonamides is 1. The molecule has 2 heterocycles. The molecule has 1 saturated heterocycles. The summed E-state index contributed by atoms with van der Waals surface area (Å²) >= 11 is 0. The number of carbonyl (C=O) groups is 1. The fourth-order valence-electron chi connectivity index (χ4n) is 2.50. The summed E-state index contributed by atoms with van der Waals surface area (Å²) in [6.45, 7) is 0.130. The van der Waals surface area contributed by atoms with Crippen LogP contribution in [-0.4, -0.2) is 36.4 Å². The van der Waals surface area contributed by atoms with E-state index in [1.54, 1.807) is 0 Å². The molecule has 21 heavy (non-hydrogen) atoms. The van der Waals surface area contributed by atoms with Gasteiger partial charge in [0.05, 0.1) is 0 Å². The average Bonchev–Trinajstić information content (AvgIpc) is 3.04. The molecule has 0 spiro atoms. The lowest BCUT2D eigenvalue weighted by Crippen LogP contribution is -2.40. The molecule has 0 saturated carbocycles. The number of nitrogens with zero attached hydrogens (tertiary/aromatic N) is 1. The molecule has 8 heteroatoms. The summed E-state index contributed by atoms with van der Waals surface area (Å²) in [7, 11) is -4.04. The van der Waals surface area contributed by atoms with Gasteiger partial charge >= 0.3 is 5.97 Å². The van der Waals surface area contributed by atoms with E-state index in [0.717, 1.165) is 10.4 Å². The summed E-state index contributed by atoms with van der Waals surface area (Å²) in [6, 6.07) is 3.89. The highest BCUT2D eigenvalue weighted by Crippen LogP contribution is 2.30. The predicted molar refractivity (Wildman–Crippen MR) is 70.7 cm³/mol. The fourth-order valence-corrected chi connectivity index (χ4v) is 4.10. The Morgan fingerprint density at radius 1 is 1.38 bits per heavy atom. The second-order valence-electron chi connectivity index (χ2n) is 4.86. The molecule has 2 aromatic rings. The van der Waals surface area contributed by atoms with Gasteiger partial charge < -0.3 is 9.52 Å². The van der Waals surface area contributed by atoms with E-state index in [0.29, 0.717) is 11.8 Å². The SMILES string of the molecule is O=C(O)[C@@H]1CCCN1S(=O)(=O)c1cc2ccc(F)cc2o1. The first-order valence-electron chi connectivity index (χ1n) is 6.33. The van der Waals surface area contributed by atoms with Gasteiger partial charge in [0.1, 0.15) is 17.4 Å². The molecule has 6 nitrogen and oxygen atoms in total. The highest BCUT2D eigenvalue weighted by atomic mass is 32.2. The zero-order chi connectivity index (χ0) is 15.2. The molecule has 0 bridgehead atoms. The van der Waals surface area contributed by atoms with Gasteiger partial charge in [0.25, 0.3) is 10.0 Å². The van der Waals surface area contributed by atoms with Gasteiger partial charge in [-0.2, -0.15) is 4.31 Å². The van der Waals surface area contributed by atoms with Gasteiger partial charge in [0.2, 0.25) is 5.09 Å². The van der Waals surface area contributed by atoms with E-state index in [2.05, 4.69) is 0 Å². The number of aliphatic carboxylic acids is 1. The number of carboxylic acids is 1. The zero-order valence-electron chi connectivity index (χ0n) is 10.8. The number of hydrogen-bond acceptors (Lipinski definition) is 4. The molecule has 0 unspecified atom stereocenters. The Bertz CT molecular complexity index is 813. The lowest BCUT2D eigenvalue weighted by atomic mass is 10.2. The molecule has 3 rings (SSSR count). The highest BCUT2D eigenvalue weighted by Gasteiger charge is 2.41. The van der Waals surface area contributed by atoms with Crippen molar-refractivity contribution < 1.29 is 27.1 Å². The van der Waals surface area contributed by atoms with E-state index in [-0.39, 0.29) is 23.6 Å². The normalized spacial score (nSPS) is 20.1. The quantitative estimate of drug-likeness (QED) is 0.933. The number of benzene rings is 1. The molecule has 1 fully saturated rings. The molecule has 1 aliphatic heterocycles. The van der Waals surface area contributed by atoms with Gasteiger partial charge in [0.15, 0.2) is 0 Å². The fraction of sp³-hybridized carbons (Fsp3) is 0.308. The van der Waals surface area contributed by atoms with Crippen molar-refractivity contribution in [3.8, 4) is 0 Å². The highest BCUT2D eigenvalue weighted by molar-refractivity contribution is 7.89. The summed E-state index contributed by atoms with van der Waals surface area (Å²) < 4.78 is 44.2. The number of carboxylic acid groups (broad SMARTS) is 1. The summed E-state index contributed by atoms with van der Waals surface area (Å²) in [5.74, 6) is -1.72. The van der Waals surface area contributed by atoms with Crippen LogP contribution < -0.4 is 0 Å². The molecule has 1 atom stereocenters. The van der Waals surface area contributed by atoms with E-state index in [1.165, 1.54) is 18.2 Å². The largest absolute Gasteiger partial charge is 0.480 e. The molecule has 1 N–H and O–H groups in total. The third-order valence-corrected chi connectivity index (χ3v) is 5.28. The number of fused-ring (bicyclic) bond motifs is 1. The van der Waals surface area contributed by atoms with Crippen molar-refractivity contribution in [2.75, 3.05) is 6.54 Å². The summed E-state index contributed by atoms with van der Waals surface area (Å²) in [4.78, 5) is 11.1. The van der Waals surface area contributed by atoms with E-state index in [1.807, 2.05) is 0 Å². The van der Waals surface area contributed by atoms with Gasteiger partial charge in [-0.25, -0.2) is 12.8 Å². The molecule has 1 aromatic heterocycles. The lowest BCUT2D eigenvalue weighted by Gasteiger charge is -2.19. The van der Waals surface area contributed by atoms with E-state index in [4.69, 9.17) is 9.52 Å². The molecule has 1 aliphatic rings. The Morgan fingerprint density at radius 3 is 2.86 bits per heavy atom. The van der Waals surface area contributed by atoms with Crippen molar-refractivity contribution in [3.63, 3.8) is 0 Å². The predicted octanol–water partition coefficient (Wildman–Crippen LogP) is 1.81. The van der Waals surface area contributed by atoms with Crippen molar-refractivity contribution in [2.45, 2.75) is 24.0 Å². The molecule has 1 aromatic carbocycles. The van der Waals surface area contributed by atoms with Crippen molar-refractivity contribution in [2.24, 2.45) is 0 Å². The Morgan fingerprint density at radius 2 is 2.14 bits per heavy atom. The third-order valence-electron chi connectivity index (χ3n) is 3.51. The third kappa shape index (κ3) is 2.30. The zero-order valence-corrected chi connectivity index (χ0v) is 11.6. The van der Waals surface area contributed by atoms with Crippen molar-refractivity contribution in [1.29, 1.82) is 0 Å². The standard InChI is InChI=1S/C13H12FNO5S/c14-9-4-3-8-6-12(20-11(8)7-9)21(18,19)15-5-1-2-10(15)13(16)17/h3-4,6-7,10H,1-2,5H2,(H,16,17)/t10-/m0/s1. The smallest absolute Gasteiger partial charge is 0.322 e. The van der Waals surface area contributed by atoms with Crippen LogP contribution in [0.1, 0.15) is 12.8 Å². The van der Waals surface area contributed by atoms with Gasteiger partial charge in [-0.1, -0.05) is 0 Å². The maximum atomic E-state index is 13.1. The van der Waals surface area contributed by atoms with Gasteiger partial charge in [-0.3, -0.25) is 4.79 Å². The number of hydrogen-bond donors (Lipinski definition) is 1. The van der Waals surface area contributed by atoms with Crippen molar-refractivity contribution in [3.05, 3.63) is 30.1 Å². The van der Waals surface area contributed by atoms with E-state index < -0.39 is 27.9 Å². The van der Waals surface area contributed by atoms with Crippen LogP contribution in [0.2, 0.25) is 0 Å². The monoisotopic (exact) mass is 313 g/mol. The van der Waals surface area contributed by atoms with Crippen molar-refractivity contribution in [1.82, 2.24) is 4.31 Å². The number of rotatable bonds is 3. The van der Waals surface area contributed by atoms with Crippen LogP contribution in [0.15, 0.2) is 33.8 Å². The Hall–Kier alpha value is -1.93. The van der Waals surface area contributed by atoms with Gasteiger partial charge in [-0.05, 0) is 25.0 Å². The Balaban J connectivity index is 2.05. The molecular weight excluding hydrogens is 301 g/mol. The number of halogens is 1. The van der Waals surface area contributed by atoms with E-state index in [9.17, 15) is 17.6 Å². The van der Waals surface area contributed by atoms with Crippen LogP contribution in [0, 0.1) is 5.82 Å². The van der Waals surface area contributed by atoms with Gasteiger partial charge in [-0.15, -0.1) is 0 Å². The summed E-state index contributed by atoms with van der Waals surface area (Å²) in [6.07, 6.45) is 0.745. The first-order chi connectivity index (χ1) is 9.89. The Labute approximate surface area is 119 Å². The molecular formula is C13H12FNO5S. The van der Waals surface area contributed by atoms with Crippen LogP contribution in [0.5, 0.6) is 0 Å². The van der Waals surface area contributed by atoms with E-state index >= 15 is 0 Å². The molecule has 0 amide bonds. The first-order valence-corrected chi connectivity index (χ1v) is 7.77. The molecule has 0 aliphatic carbocycles. The van der Waals surface area contributed by atoms with Crippen LogP contribution >= 0.6 is 0 Å². The minimum Gasteiger partial charge on any atom is -0.480 e. The lowest BCUT2D eigenvalue weighted by molar-refractivity contribution is -0.140. The minimum atomic E-state index is -4.04. The van der Waals surface area contributed by atoms with Crippen LogP contribution in [0.3, 0.4) is 0 Å². The van der Waals surface area contributed by atoms with Gasteiger partial charge in [0, 0.05) is 24.1 Å². The minimum absolute atomic E-state index is 0.111. The maximum Gasteiger partial charge on any atom is 0.322 e. The second kappa shape index (κ2) is 4.81. The number of furan rings is 1. The molecule has 112 valence electrons. The van der Waals surface area contributed by atoms with Crippen LogP contribution in [-0.2, 0) is 14.8 Å². The van der Waals surface area contributed by atoms with Crippen LogP contribution in [0.25, 0.3) is 11.0 Å². The molecule has 0 radical (unpaired) electrons. The summed E-state index contributed by atoms with van der Waals surface area (Å²) in [5, 5.41) is 9.16. The summed E-state index contributed by atoms with van der Waals surface area (Å²) in [5.41, 5.74) is 0.111. The maximum absolute atomic E-state index is 13.1. The first kappa shape index (κ1) is 14.0. The average molecular weight is 313 g/mol.